The lowest BCUT2D eigenvalue weighted by molar-refractivity contribution is -0.139. The average Bonchev–Trinajstić information content (AvgIpc) is 2.94. The van der Waals surface area contributed by atoms with Crippen molar-refractivity contribution >= 4 is 11.9 Å². The maximum Gasteiger partial charge on any atom is 0.341 e. The molecule has 0 heterocycles. The van der Waals surface area contributed by atoms with Crippen LogP contribution >= 0.6 is 0 Å². The highest BCUT2D eigenvalue weighted by Crippen LogP contribution is 2.31. The van der Waals surface area contributed by atoms with Crippen LogP contribution in [0.5, 0.6) is 5.75 Å². The summed E-state index contributed by atoms with van der Waals surface area (Å²) in [6, 6.07) is 22.3. The zero-order chi connectivity index (χ0) is 27.3. The van der Waals surface area contributed by atoms with Crippen LogP contribution in [0, 0.1) is 12.3 Å². The van der Waals surface area contributed by atoms with Gasteiger partial charge in [-0.25, -0.2) is 4.79 Å². The van der Waals surface area contributed by atoms with Gasteiger partial charge in [-0.2, -0.15) is 0 Å². The monoisotopic (exact) mass is 511 g/mol. The molecule has 0 bridgehead atoms. The number of carboxylic acids is 1. The largest absolute Gasteiger partial charge is 0.482 e. The first-order valence-corrected chi connectivity index (χ1v) is 13.3. The van der Waals surface area contributed by atoms with Crippen LogP contribution in [0.2, 0.25) is 0 Å². The highest BCUT2D eigenvalue weighted by Gasteiger charge is 2.18. The molecule has 0 atom stereocenters. The molecule has 38 heavy (non-hydrogen) atoms. The fraction of sp³-hybridized carbons (Fsp3) is 0.333. The number of nitrogens with zero attached hydrogens (tertiary/aromatic N) is 1. The predicted octanol–water partition coefficient (Wildman–Crippen LogP) is 6.66. The number of rotatable bonds is 14. The van der Waals surface area contributed by atoms with Gasteiger partial charge in [0.25, 0.3) is 0 Å². The minimum Gasteiger partial charge on any atom is -0.482 e. The van der Waals surface area contributed by atoms with Gasteiger partial charge in [-0.3, -0.25) is 4.79 Å². The van der Waals surface area contributed by atoms with Crippen molar-refractivity contribution in [2.24, 2.45) is 0 Å². The van der Waals surface area contributed by atoms with Gasteiger partial charge in [0.2, 0.25) is 5.91 Å². The number of carbonyl (C=O) groups is 2. The number of amides is 1. The third kappa shape index (κ3) is 8.24. The number of aryl methyl sites for hydroxylation is 2. The van der Waals surface area contributed by atoms with E-state index in [-0.39, 0.29) is 12.3 Å². The molecule has 198 valence electrons. The Labute approximate surface area is 226 Å². The number of hydrogen-bond donors (Lipinski definition) is 1. The summed E-state index contributed by atoms with van der Waals surface area (Å²) >= 11 is 0. The van der Waals surface area contributed by atoms with E-state index < -0.39 is 12.6 Å². The Kier molecular flexibility index (Phi) is 11.0. The number of ether oxygens (including phenoxy) is 1. The van der Waals surface area contributed by atoms with E-state index in [0.717, 1.165) is 29.5 Å². The molecule has 0 aliphatic rings. The molecule has 3 rings (SSSR count). The van der Waals surface area contributed by atoms with Crippen LogP contribution in [0.1, 0.15) is 61.8 Å². The molecule has 5 nitrogen and oxygen atoms in total. The Hall–Kier alpha value is -4.04. The highest BCUT2D eigenvalue weighted by molar-refractivity contribution is 5.78. The van der Waals surface area contributed by atoms with Gasteiger partial charge in [0.1, 0.15) is 5.75 Å². The van der Waals surface area contributed by atoms with Crippen molar-refractivity contribution in [3.8, 4) is 29.2 Å². The van der Waals surface area contributed by atoms with E-state index in [9.17, 15) is 9.59 Å². The van der Waals surface area contributed by atoms with E-state index in [1.807, 2.05) is 17.0 Å². The first kappa shape index (κ1) is 28.5. The van der Waals surface area contributed by atoms with Crippen LogP contribution in [0.4, 0.5) is 0 Å². The molecule has 0 fully saturated rings. The fourth-order valence-corrected chi connectivity index (χ4v) is 4.50. The third-order valence-corrected chi connectivity index (χ3v) is 6.54. The number of hydrogen-bond acceptors (Lipinski definition) is 3. The minimum atomic E-state index is -1.03. The summed E-state index contributed by atoms with van der Waals surface area (Å²) in [4.78, 5) is 25.9. The fourth-order valence-electron chi connectivity index (χ4n) is 4.50. The zero-order valence-electron chi connectivity index (χ0n) is 22.4. The molecule has 0 saturated carbocycles. The van der Waals surface area contributed by atoms with Crippen LogP contribution < -0.4 is 4.74 Å². The van der Waals surface area contributed by atoms with Gasteiger partial charge in [-0.1, -0.05) is 74.9 Å². The molecular formula is C33H37NO4. The van der Waals surface area contributed by atoms with Crippen LogP contribution in [0.25, 0.3) is 11.1 Å². The Bertz CT molecular complexity index is 1240. The van der Waals surface area contributed by atoms with Crippen molar-refractivity contribution in [2.45, 2.75) is 65.5 Å². The summed E-state index contributed by atoms with van der Waals surface area (Å²) < 4.78 is 5.24. The van der Waals surface area contributed by atoms with Crippen molar-refractivity contribution < 1.29 is 19.4 Å². The molecule has 0 saturated heterocycles. The smallest absolute Gasteiger partial charge is 0.341 e. The van der Waals surface area contributed by atoms with Crippen LogP contribution in [0.3, 0.4) is 0 Å². The van der Waals surface area contributed by atoms with E-state index in [1.165, 1.54) is 29.5 Å². The molecule has 0 spiro atoms. The molecular weight excluding hydrogens is 474 g/mol. The van der Waals surface area contributed by atoms with Crippen LogP contribution in [-0.2, 0) is 35.5 Å². The molecule has 3 aromatic carbocycles. The van der Waals surface area contributed by atoms with Gasteiger partial charge in [0, 0.05) is 25.9 Å². The Morgan fingerprint density at radius 2 is 1.61 bits per heavy atom. The van der Waals surface area contributed by atoms with Crippen molar-refractivity contribution in [3.05, 3.63) is 89.0 Å². The Morgan fingerprint density at radius 3 is 2.24 bits per heavy atom. The zero-order valence-corrected chi connectivity index (χ0v) is 22.4. The summed E-state index contributed by atoms with van der Waals surface area (Å²) in [6.07, 6.45) is 10.4. The molecule has 3 aromatic rings. The van der Waals surface area contributed by atoms with Gasteiger partial charge in [0.05, 0.1) is 0 Å². The van der Waals surface area contributed by atoms with Crippen LogP contribution in [-0.4, -0.2) is 28.5 Å². The molecule has 0 aromatic heterocycles. The summed E-state index contributed by atoms with van der Waals surface area (Å²) in [5.74, 6) is 2.02. The van der Waals surface area contributed by atoms with Crippen molar-refractivity contribution in [1.82, 2.24) is 4.90 Å². The van der Waals surface area contributed by atoms with Crippen molar-refractivity contribution in [3.63, 3.8) is 0 Å². The SMILES string of the molecule is C#CCCC(=O)N(Cc1ccc(OCC(=O)O)cc1)Cc1cccc(CC)c1-c1ccc(CCCC)cc1. The normalized spacial score (nSPS) is 10.6. The second-order valence-corrected chi connectivity index (χ2v) is 9.39. The van der Waals surface area contributed by atoms with E-state index >= 15 is 0 Å². The van der Waals surface area contributed by atoms with Crippen molar-refractivity contribution in [2.75, 3.05) is 6.61 Å². The number of terminal acetylenes is 1. The Morgan fingerprint density at radius 1 is 0.921 bits per heavy atom. The molecule has 1 N–H and O–H groups in total. The van der Waals surface area contributed by atoms with Gasteiger partial charge >= 0.3 is 5.97 Å². The van der Waals surface area contributed by atoms with Gasteiger partial charge < -0.3 is 14.7 Å². The topological polar surface area (TPSA) is 66.8 Å². The molecule has 5 heteroatoms. The molecule has 0 radical (unpaired) electrons. The second-order valence-electron chi connectivity index (χ2n) is 9.39. The van der Waals surface area contributed by atoms with E-state index in [2.05, 4.69) is 62.2 Å². The van der Waals surface area contributed by atoms with Gasteiger partial charge in [0.15, 0.2) is 6.61 Å². The van der Waals surface area contributed by atoms with Crippen molar-refractivity contribution in [1.29, 1.82) is 0 Å². The lowest BCUT2D eigenvalue weighted by Crippen LogP contribution is -2.30. The summed E-state index contributed by atoms with van der Waals surface area (Å²) in [6.45, 7) is 4.83. The van der Waals surface area contributed by atoms with E-state index in [0.29, 0.717) is 25.3 Å². The lowest BCUT2D eigenvalue weighted by atomic mass is 9.91. The van der Waals surface area contributed by atoms with E-state index in [1.54, 1.807) is 12.1 Å². The maximum atomic E-state index is 13.2. The van der Waals surface area contributed by atoms with E-state index in [4.69, 9.17) is 16.3 Å². The molecule has 0 unspecified atom stereocenters. The maximum absolute atomic E-state index is 13.2. The summed E-state index contributed by atoms with van der Waals surface area (Å²) in [7, 11) is 0. The van der Waals surface area contributed by atoms with Crippen LogP contribution in [0.15, 0.2) is 66.7 Å². The lowest BCUT2D eigenvalue weighted by Gasteiger charge is -2.25. The van der Waals surface area contributed by atoms with Gasteiger partial charge in [-0.15, -0.1) is 12.3 Å². The number of carbonyl (C=O) groups excluding carboxylic acids is 1. The second kappa shape index (κ2) is 14.6. The molecule has 0 aliphatic heterocycles. The first-order chi connectivity index (χ1) is 18.4. The third-order valence-electron chi connectivity index (χ3n) is 6.54. The summed E-state index contributed by atoms with van der Waals surface area (Å²) in [5, 5.41) is 8.83. The Balaban J connectivity index is 1.89. The number of aliphatic carboxylic acids is 1. The average molecular weight is 512 g/mol. The number of carboxylic acid groups (broad SMARTS) is 1. The molecule has 0 aliphatic carbocycles. The quantitative estimate of drug-likeness (QED) is 0.246. The summed E-state index contributed by atoms with van der Waals surface area (Å²) in [5.41, 5.74) is 6.96. The number of unbranched alkanes of at least 4 members (excludes halogenated alkanes) is 1. The standard InChI is InChI=1S/C33H37NO4/c1-4-7-10-25-14-18-28(19-15-25)33-27(6-3)11-9-12-29(33)23-34(31(35)13-8-5-2)22-26-16-20-30(21-17-26)38-24-32(36)37/h2,9,11-12,14-21H,4,6-8,10,13,22-24H2,1,3H3,(H,36,37). The predicted molar refractivity (Wildman–Crippen MR) is 152 cm³/mol. The number of benzene rings is 3. The first-order valence-electron chi connectivity index (χ1n) is 13.3. The highest BCUT2D eigenvalue weighted by atomic mass is 16.5. The van der Waals surface area contributed by atoms with Gasteiger partial charge in [-0.05, 0) is 64.8 Å². The molecule has 1 amide bonds. The minimum absolute atomic E-state index is 0.00285.